The summed E-state index contributed by atoms with van der Waals surface area (Å²) in [6, 6.07) is 0.444. The third-order valence-electron chi connectivity index (χ3n) is 5.91. The standard InChI is InChI=1S/C18H26N2O2/c21-18(17-14-9-2-4-11-16(14)22-19-17)20-12-6-5-8-13-7-1-3-10-15(13)20/h13,15H,1-12H2/t13-,15-/m0/s1. The molecule has 1 aromatic rings. The van der Waals surface area contributed by atoms with E-state index in [2.05, 4.69) is 10.1 Å². The highest BCUT2D eigenvalue weighted by Gasteiger charge is 2.37. The van der Waals surface area contributed by atoms with E-state index in [0.717, 1.165) is 50.0 Å². The van der Waals surface area contributed by atoms with E-state index in [4.69, 9.17) is 4.52 Å². The molecular weight excluding hydrogens is 276 g/mol. The molecule has 2 heterocycles. The first kappa shape index (κ1) is 14.3. The summed E-state index contributed by atoms with van der Waals surface area (Å²) in [7, 11) is 0. The zero-order valence-electron chi connectivity index (χ0n) is 13.4. The molecule has 120 valence electrons. The van der Waals surface area contributed by atoms with E-state index < -0.39 is 0 Å². The lowest BCUT2D eigenvalue weighted by atomic mass is 9.81. The Kier molecular flexibility index (Phi) is 3.93. The second kappa shape index (κ2) is 6.05. The molecule has 2 fully saturated rings. The lowest BCUT2D eigenvalue weighted by Crippen LogP contribution is -2.45. The first-order chi connectivity index (χ1) is 10.8. The molecule has 2 aliphatic carbocycles. The van der Waals surface area contributed by atoms with Crippen molar-refractivity contribution in [2.45, 2.75) is 76.7 Å². The van der Waals surface area contributed by atoms with Crippen LogP contribution in [-0.2, 0) is 12.8 Å². The number of likely N-dealkylation sites (tertiary alicyclic amines) is 1. The summed E-state index contributed by atoms with van der Waals surface area (Å²) < 4.78 is 5.47. The number of amides is 1. The summed E-state index contributed by atoms with van der Waals surface area (Å²) in [6.07, 6.45) is 13.0. The van der Waals surface area contributed by atoms with Crippen LogP contribution in [0.1, 0.15) is 79.6 Å². The number of hydrogen-bond donors (Lipinski definition) is 0. The number of hydrogen-bond acceptors (Lipinski definition) is 3. The maximum absolute atomic E-state index is 13.1. The lowest BCUT2D eigenvalue weighted by molar-refractivity contribution is 0.0558. The first-order valence-corrected chi connectivity index (χ1v) is 9.13. The van der Waals surface area contributed by atoms with Crippen LogP contribution in [0.3, 0.4) is 0 Å². The van der Waals surface area contributed by atoms with Crippen molar-refractivity contribution < 1.29 is 9.32 Å². The van der Waals surface area contributed by atoms with Crippen molar-refractivity contribution in [2.75, 3.05) is 6.54 Å². The molecule has 4 nitrogen and oxygen atoms in total. The van der Waals surface area contributed by atoms with Crippen LogP contribution in [0.15, 0.2) is 4.52 Å². The summed E-state index contributed by atoms with van der Waals surface area (Å²) in [4.78, 5) is 15.3. The first-order valence-electron chi connectivity index (χ1n) is 9.13. The van der Waals surface area contributed by atoms with Crippen LogP contribution in [-0.4, -0.2) is 28.6 Å². The van der Waals surface area contributed by atoms with Crippen LogP contribution < -0.4 is 0 Å². The Morgan fingerprint density at radius 3 is 2.68 bits per heavy atom. The van der Waals surface area contributed by atoms with E-state index in [1.165, 1.54) is 38.5 Å². The highest BCUT2D eigenvalue weighted by atomic mass is 16.5. The largest absolute Gasteiger partial charge is 0.360 e. The Morgan fingerprint density at radius 2 is 1.77 bits per heavy atom. The van der Waals surface area contributed by atoms with Crippen molar-refractivity contribution in [1.82, 2.24) is 10.1 Å². The Bertz CT molecular complexity index is 551. The Labute approximate surface area is 132 Å². The van der Waals surface area contributed by atoms with Gasteiger partial charge in [0.25, 0.3) is 5.91 Å². The average Bonchev–Trinajstić information content (AvgIpc) is 2.87. The predicted octanol–water partition coefficient (Wildman–Crippen LogP) is 3.74. The molecular formula is C18H26N2O2. The zero-order chi connectivity index (χ0) is 14.9. The third-order valence-corrected chi connectivity index (χ3v) is 5.91. The maximum Gasteiger partial charge on any atom is 0.276 e. The Balaban J connectivity index is 1.61. The van der Waals surface area contributed by atoms with Gasteiger partial charge in [-0.2, -0.15) is 0 Å². The van der Waals surface area contributed by atoms with Gasteiger partial charge in [0.1, 0.15) is 5.76 Å². The van der Waals surface area contributed by atoms with Gasteiger partial charge in [0.2, 0.25) is 0 Å². The number of rotatable bonds is 1. The second-order valence-electron chi connectivity index (χ2n) is 7.25. The van der Waals surface area contributed by atoms with Gasteiger partial charge in [0.05, 0.1) is 0 Å². The highest BCUT2D eigenvalue weighted by molar-refractivity contribution is 5.94. The number of nitrogens with zero attached hydrogens (tertiary/aromatic N) is 2. The number of fused-ring (bicyclic) bond motifs is 2. The Hall–Kier alpha value is -1.32. The normalized spacial score (nSPS) is 28.6. The summed E-state index contributed by atoms with van der Waals surface area (Å²) >= 11 is 0. The molecule has 1 amide bonds. The van der Waals surface area contributed by atoms with Gasteiger partial charge in [-0.1, -0.05) is 24.4 Å². The van der Waals surface area contributed by atoms with E-state index in [1.54, 1.807) is 0 Å². The fraction of sp³-hybridized carbons (Fsp3) is 0.778. The average molecular weight is 302 g/mol. The molecule has 0 N–H and O–H groups in total. The van der Waals surface area contributed by atoms with Crippen LogP contribution in [0, 0.1) is 5.92 Å². The molecule has 0 unspecified atom stereocenters. The molecule has 0 aromatic carbocycles. The molecule has 2 atom stereocenters. The summed E-state index contributed by atoms with van der Waals surface area (Å²) in [5, 5.41) is 4.17. The predicted molar refractivity (Wildman–Crippen MR) is 83.8 cm³/mol. The minimum absolute atomic E-state index is 0.144. The molecule has 4 rings (SSSR count). The van der Waals surface area contributed by atoms with Crippen LogP contribution in [0.25, 0.3) is 0 Å². The van der Waals surface area contributed by atoms with E-state index >= 15 is 0 Å². The molecule has 0 radical (unpaired) electrons. The highest BCUT2D eigenvalue weighted by Crippen LogP contribution is 2.36. The quantitative estimate of drug-likeness (QED) is 0.794. The van der Waals surface area contributed by atoms with Gasteiger partial charge in [0, 0.05) is 24.6 Å². The molecule has 1 aromatic heterocycles. The fourth-order valence-electron chi connectivity index (χ4n) is 4.73. The van der Waals surface area contributed by atoms with Gasteiger partial charge in [-0.05, 0) is 50.9 Å². The molecule has 4 heteroatoms. The van der Waals surface area contributed by atoms with Gasteiger partial charge >= 0.3 is 0 Å². The molecule has 1 saturated carbocycles. The van der Waals surface area contributed by atoms with E-state index in [0.29, 0.717) is 17.7 Å². The van der Waals surface area contributed by atoms with Gasteiger partial charge in [0.15, 0.2) is 5.69 Å². The SMILES string of the molecule is O=C(c1noc2c1CCCC2)N1CCCC[C@@H]2CCCC[C@@H]21. The second-order valence-corrected chi connectivity index (χ2v) is 7.25. The van der Waals surface area contributed by atoms with Gasteiger partial charge in [-0.3, -0.25) is 4.79 Å². The minimum atomic E-state index is 0.144. The number of aryl methyl sites for hydroxylation is 1. The molecule has 3 aliphatic rings. The van der Waals surface area contributed by atoms with Crippen LogP contribution >= 0.6 is 0 Å². The van der Waals surface area contributed by atoms with Crippen LogP contribution in [0.4, 0.5) is 0 Å². The van der Waals surface area contributed by atoms with Gasteiger partial charge in [-0.15, -0.1) is 0 Å². The number of carbonyl (C=O) groups excluding carboxylic acids is 1. The van der Waals surface area contributed by atoms with Gasteiger partial charge < -0.3 is 9.42 Å². The van der Waals surface area contributed by atoms with E-state index in [1.807, 2.05) is 0 Å². The van der Waals surface area contributed by atoms with Crippen LogP contribution in [0.2, 0.25) is 0 Å². The topological polar surface area (TPSA) is 46.3 Å². The van der Waals surface area contributed by atoms with Crippen molar-refractivity contribution in [3.63, 3.8) is 0 Å². The molecule has 1 saturated heterocycles. The number of aromatic nitrogens is 1. The van der Waals surface area contributed by atoms with Crippen molar-refractivity contribution in [3.05, 3.63) is 17.0 Å². The summed E-state index contributed by atoms with van der Waals surface area (Å²) in [5.74, 6) is 1.82. The molecule has 22 heavy (non-hydrogen) atoms. The van der Waals surface area contributed by atoms with Crippen molar-refractivity contribution in [3.8, 4) is 0 Å². The molecule has 0 bridgehead atoms. The third kappa shape index (κ3) is 2.46. The van der Waals surface area contributed by atoms with Gasteiger partial charge in [-0.25, -0.2) is 0 Å². The summed E-state index contributed by atoms with van der Waals surface area (Å²) in [6.45, 7) is 0.904. The van der Waals surface area contributed by atoms with E-state index in [9.17, 15) is 4.79 Å². The summed E-state index contributed by atoms with van der Waals surface area (Å²) in [5.41, 5.74) is 1.73. The molecule has 0 spiro atoms. The smallest absolute Gasteiger partial charge is 0.276 e. The number of carbonyl (C=O) groups is 1. The van der Waals surface area contributed by atoms with Crippen molar-refractivity contribution in [1.29, 1.82) is 0 Å². The van der Waals surface area contributed by atoms with Crippen molar-refractivity contribution in [2.24, 2.45) is 5.92 Å². The minimum Gasteiger partial charge on any atom is -0.360 e. The molecule has 1 aliphatic heterocycles. The van der Waals surface area contributed by atoms with E-state index in [-0.39, 0.29) is 5.91 Å². The maximum atomic E-state index is 13.1. The van der Waals surface area contributed by atoms with Crippen molar-refractivity contribution >= 4 is 5.91 Å². The van der Waals surface area contributed by atoms with Crippen LogP contribution in [0.5, 0.6) is 0 Å². The fourth-order valence-corrected chi connectivity index (χ4v) is 4.73. The Morgan fingerprint density at radius 1 is 1.00 bits per heavy atom. The zero-order valence-corrected chi connectivity index (χ0v) is 13.4. The monoisotopic (exact) mass is 302 g/mol. The lowest BCUT2D eigenvalue weighted by Gasteiger charge is -2.38.